The first kappa shape index (κ1) is 40.2. The summed E-state index contributed by atoms with van der Waals surface area (Å²) in [5.41, 5.74) is -1.80. The monoisotopic (exact) mass is 776 g/mol. The summed E-state index contributed by atoms with van der Waals surface area (Å²) in [6.07, 6.45) is 0.415. The van der Waals surface area contributed by atoms with Crippen LogP contribution in [0.2, 0.25) is 10.0 Å². The van der Waals surface area contributed by atoms with Gasteiger partial charge in [-0.25, -0.2) is 37.6 Å². The zero-order valence-electron chi connectivity index (χ0n) is 30.4. The van der Waals surface area contributed by atoms with E-state index in [4.69, 9.17) is 37.4 Å². The number of aromatic nitrogens is 3. The summed E-state index contributed by atoms with van der Waals surface area (Å²) in [4.78, 5) is 50.6. The fourth-order valence-corrected chi connectivity index (χ4v) is 6.36. The van der Waals surface area contributed by atoms with E-state index < -0.39 is 45.1 Å². The molecule has 0 aliphatic carbocycles. The lowest BCUT2D eigenvalue weighted by Gasteiger charge is -2.30. The van der Waals surface area contributed by atoms with Gasteiger partial charge in [-0.2, -0.15) is 4.98 Å². The number of nitrogens with zero attached hydrogens (tertiary/aromatic N) is 5. The van der Waals surface area contributed by atoms with Crippen molar-refractivity contribution in [3.63, 3.8) is 0 Å². The number of anilines is 2. The van der Waals surface area contributed by atoms with Gasteiger partial charge in [-0.15, -0.1) is 0 Å². The molecule has 52 heavy (non-hydrogen) atoms. The Kier molecular flexibility index (Phi) is 11.7. The van der Waals surface area contributed by atoms with Crippen molar-refractivity contribution in [3.05, 3.63) is 71.0 Å². The summed E-state index contributed by atoms with van der Waals surface area (Å²) >= 11 is 12.0. The number of amides is 3. The topological polar surface area (TPSA) is 162 Å². The van der Waals surface area contributed by atoms with Crippen LogP contribution in [0.5, 0.6) is 0 Å². The molecule has 0 spiro atoms. The molecule has 0 aliphatic heterocycles. The lowest BCUT2D eigenvalue weighted by Crippen LogP contribution is -2.48. The molecule has 2 aromatic heterocycles. The smallest absolute Gasteiger partial charge is 0.419 e. The van der Waals surface area contributed by atoms with E-state index >= 15 is 0 Å². The zero-order chi connectivity index (χ0) is 38.8. The number of halogens is 2. The summed E-state index contributed by atoms with van der Waals surface area (Å²) in [7, 11) is -4.01. The molecule has 4 aromatic rings. The molecule has 0 bridgehead atoms. The van der Waals surface area contributed by atoms with Crippen LogP contribution in [0.15, 0.2) is 65.8 Å². The summed E-state index contributed by atoms with van der Waals surface area (Å²) in [5.74, 6) is 0.276. The van der Waals surface area contributed by atoms with Gasteiger partial charge in [0.1, 0.15) is 22.6 Å². The fourth-order valence-electron chi connectivity index (χ4n) is 4.59. The molecule has 0 atom stereocenters. The maximum absolute atomic E-state index is 13.6. The van der Waals surface area contributed by atoms with E-state index in [0.717, 1.165) is 9.80 Å². The van der Waals surface area contributed by atoms with Crippen LogP contribution in [0.3, 0.4) is 0 Å². The Morgan fingerprint density at radius 1 is 0.769 bits per heavy atom. The van der Waals surface area contributed by atoms with Gasteiger partial charge in [0.05, 0.1) is 23.5 Å². The highest BCUT2D eigenvalue weighted by Crippen LogP contribution is 2.28. The van der Waals surface area contributed by atoms with E-state index in [9.17, 15) is 22.8 Å². The molecule has 1 N–H and O–H groups in total. The van der Waals surface area contributed by atoms with E-state index in [1.165, 1.54) is 24.4 Å². The van der Waals surface area contributed by atoms with Crippen LogP contribution in [0.1, 0.15) is 62.3 Å². The van der Waals surface area contributed by atoms with E-state index in [1.807, 2.05) is 0 Å². The van der Waals surface area contributed by atoms with Gasteiger partial charge in [-0.05, 0) is 111 Å². The van der Waals surface area contributed by atoms with Gasteiger partial charge in [0.2, 0.25) is 5.95 Å². The van der Waals surface area contributed by atoms with Crippen LogP contribution in [0.4, 0.5) is 26.0 Å². The number of ether oxygens (including phenoxy) is 3. The maximum Gasteiger partial charge on any atom is 0.419 e. The standard InChI is InChI=1S/C35H42Cl2N6O8S/c1-33(2,3)49-30(44)42(16-17-43(31(45)50-34(4,5)6)32(46)51-35(7,8)9)29-38-14-12-28(39-29)41-15-13-22-18-25(10-11-27(22)41)40-52(47,48)26-20-23(36)19-24(37)21-26/h10-15,18-21,40H,16-17H2,1-9H3. The minimum absolute atomic E-state index is 0.0773. The van der Waals surface area contributed by atoms with Crippen molar-refractivity contribution in [2.75, 3.05) is 22.7 Å². The highest BCUT2D eigenvalue weighted by Gasteiger charge is 2.34. The average molecular weight is 778 g/mol. The van der Waals surface area contributed by atoms with Crippen molar-refractivity contribution >= 4 is 74.0 Å². The molecule has 0 aliphatic rings. The molecule has 17 heteroatoms. The second-order valence-electron chi connectivity index (χ2n) is 14.6. The second-order valence-corrected chi connectivity index (χ2v) is 17.2. The number of rotatable bonds is 8. The number of carbonyl (C=O) groups excluding carboxylic acids is 3. The number of carbonyl (C=O) groups is 3. The van der Waals surface area contributed by atoms with E-state index in [2.05, 4.69) is 14.7 Å². The van der Waals surface area contributed by atoms with Crippen LogP contribution in [-0.4, -0.2) is 76.0 Å². The van der Waals surface area contributed by atoms with Crippen LogP contribution in [0, 0.1) is 0 Å². The van der Waals surface area contributed by atoms with Crippen LogP contribution >= 0.6 is 23.2 Å². The molecular formula is C35H42Cl2N6O8S. The Morgan fingerprint density at radius 3 is 1.88 bits per heavy atom. The quantitative estimate of drug-likeness (QED) is 0.172. The third kappa shape index (κ3) is 11.0. The van der Waals surface area contributed by atoms with E-state index in [1.54, 1.807) is 103 Å². The van der Waals surface area contributed by atoms with Crippen molar-refractivity contribution in [2.45, 2.75) is 84.0 Å². The predicted octanol–water partition coefficient (Wildman–Crippen LogP) is 8.44. The number of nitrogens with one attached hydrogen (secondary N) is 1. The van der Waals surface area contributed by atoms with Gasteiger partial charge in [-0.3, -0.25) is 4.72 Å². The minimum atomic E-state index is -4.01. The van der Waals surface area contributed by atoms with E-state index in [0.29, 0.717) is 22.4 Å². The molecule has 2 heterocycles. The number of imide groups is 1. The Morgan fingerprint density at radius 2 is 1.33 bits per heavy atom. The lowest BCUT2D eigenvalue weighted by molar-refractivity contribution is 0.00151. The predicted molar refractivity (Wildman–Crippen MR) is 199 cm³/mol. The Balaban J connectivity index is 1.66. The van der Waals surface area contributed by atoms with Crippen LogP contribution in [-0.2, 0) is 24.2 Å². The first-order valence-electron chi connectivity index (χ1n) is 16.1. The van der Waals surface area contributed by atoms with Gasteiger partial charge in [0.15, 0.2) is 0 Å². The number of benzene rings is 2. The SMILES string of the molecule is CC(C)(C)OC(=O)N(CCN(C(=O)OC(C)(C)C)c1nccc(-n2ccc3cc(NS(=O)(=O)c4cc(Cl)cc(Cl)c4)ccc32)n1)C(=O)OC(C)(C)C. The van der Waals surface area contributed by atoms with Crippen LogP contribution < -0.4 is 9.62 Å². The summed E-state index contributed by atoms with van der Waals surface area (Å²) in [6, 6.07) is 12.3. The van der Waals surface area contributed by atoms with Crippen LogP contribution in [0.25, 0.3) is 16.7 Å². The van der Waals surface area contributed by atoms with Crippen molar-refractivity contribution in [3.8, 4) is 5.82 Å². The lowest BCUT2D eigenvalue weighted by atomic mass is 10.2. The first-order valence-corrected chi connectivity index (χ1v) is 18.3. The highest BCUT2D eigenvalue weighted by atomic mass is 35.5. The Bertz CT molecular complexity index is 2040. The minimum Gasteiger partial charge on any atom is -0.443 e. The Labute approximate surface area is 313 Å². The number of hydrogen-bond acceptors (Lipinski definition) is 10. The molecule has 3 amide bonds. The zero-order valence-corrected chi connectivity index (χ0v) is 32.7. The van der Waals surface area contributed by atoms with Crippen molar-refractivity contribution in [1.29, 1.82) is 0 Å². The van der Waals surface area contributed by atoms with Gasteiger partial charge in [-0.1, -0.05) is 23.2 Å². The van der Waals surface area contributed by atoms with Crippen molar-refractivity contribution in [2.24, 2.45) is 0 Å². The largest absolute Gasteiger partial charge is 0.443 e. The molecule has 4 rings (SSSR count). The maximum atomic E-state index is 13.6. The number of hydrogen-bond donors (Lipinski definition) is 1. The molecule has 280 valence electrons. The van der Waals surface area contributed by atoms with Gasteiger partial charge in [0, 0.05) is 33.5 Å². The summed E-state index contributed by atoms with van der Waals surface area (Å²) < 4.78 is 46.9. The fraction of sp³-hybridized carbons (Fsp3) is 0.400. The molecule has 0 radical (unpaired) electrons. The van der Waals surface area contributed by atoms with Gasteiger partial charge in [0.25, 0.3) is 10.0 Å². The van der Waals surface area contributed by atoms with Gasteiger partial charge < -0.3 is 18.8 Å². The molecule has 0 saturated carbocycles. The average Bonchev–Trinajstić information content (AvgIpc) is 3.39. The third-order valence-corrected chi connectivity index (χ3v) is 8.39. The number of fused-ring (bicyclic) bond motifs is 1. The molecule has 14 nitrogen and oxygen atoms in total. The Hall–Kier alpha value is -4.60. The molecule has 2 aromatic carbocycles. The molecular weight excluding hydrogens is 735 g/mol. The van der Waals surface area contributed by atoms with Crippen molar-refractivity contribution in [1.82, 2.24) is 19.4 Å². The van der Waals surface area contributed by atoms with Crippen molar-refractivity contribution < 1.29 is 37.0 Å². The molecule has 0 fully saturated rings. The normalized spacial score (nSPS) is 12.3. The second kappa shape index (κ2) is 15.2. The first-order chi connectivity index (χ1) is 23.9. The summed E-state index contributed by atoms with van der Waals surface area (Å²) in [5, 5.41) is 1.02. The number of sulfonamides is 1. The highest BCUT2D eigenvalue weighted by molar-refractivity contribution is 7.92. The van der Waals surface area contributed by atoms with Gasteiger partial charge >= 0.3 is 18.3 Å². The summed E-state index contributed by atoms with van der Waals surface area (Å²) in [6.45, 7) is 14.4. The third-order valence-electron chi connectivity index (χ3n) is 6.59. The molecule has 0 unspecified atom stereocenters. The molecule has 0 saturated heterocycles. The van der Waals surface area contributed by atoms with E-state index in [-0.39, 0.29) is 34.0 Å².